The van der Waals surface area contributed by atoms with Crippen LogP contribution in [0.1, 0.15) is 11.1 Å². The molecule has 0 spiro atoms. The summed E-state index contributed by atoms with van der Waals surface area (Å²) < 4.78 is 7.33. The lowest BCUT2D eigenvalue weighted by atomic mass is 9.95. The van der Waals surface area contributed by atoms with Crippen molar-refractivity contribution in [2.75, 3.05) is 0 Å². The summed E-state index contributed by atoms with van der Waals surface area (Å²) in [5, 5.41) is 7.42. The summed E-state index contributed by atoms with van der Waals surface area (Å²) in [5.74, 6) is 0.712. The van der Waals surface area contributed by atoms with Crippen molar-refractivity contribution in [3.05, 3.63) is 248 Å². The molecule has 4 aromatic heterocycles. The van der Waals surface area contributed by atoms with Gasteiger partial charge >= 0.3 is 0 Å². The molecule has 0 saturated heterocycles. The Balaban J connectivity index is 0.918. The molecule has 5 heteroatoms. The van der Waals surface area contributed by atoms with Crippen molar-refractivity contribution in [3.8, 4) is 62.1 Å². The minimum absolute atomic E-state index is 0.712. The first-order chi connectivity index (χ1) is 35.0. The molecule has 0 unspecified atom stereocenters. The normalized spacial score (nSPS) is 11.8. The van der Waals surface area contributed by atoms with Gasteiger partial charge < -0.3 is 13.7 Å². The maximum absolute atomic E-state index is 5.10. The molecular formula is C66H45N5. The van der Waals surface area contributed by atoms with Gasteiger partial charge in [0.25, 0.3) is 0 Å². The van der Waals surface area contributed by atoms with E-state index in [0.717, 1.165) is 56.0 Å². The molecule has 0 aliphatic heterocycles. The first-order valence-corrected chi connectivity index (χ1v) is 24.3. The molecule has 0 N–H and O–H groups in total. The zero-order valence-electron chi connectivity index (χ0n) is 39.3. The topological polar surface area (TPSA) is 40.6 Å². The van der Waals surface area contributed by atoms with E-state index in [1.165, 1.54) is 76.8 Å². The molecule has 5 nitrogen and oxygen atoms in total. The summed E-state index contributed by atoms with van der Waals surface area (Å²) >= 11 is 0. The molecule has 0 fully saturated rings. The van der Waals surface area contributed by atoms with Gasteiger partial charge in [-0.3, -0.25) is 0 Å². The van der Waals surface area contributed by atoms with Crippen LogP contribution in [0.4, 0.5) is 0 Å². The van der Waals surface area contributed by atoms with Crippen molar-refractivity contribution < 1.29 is 0 Å². The third-order valence-corrected chi connectivity index (χ3v) is 14.5. The largest absolute Gasteiger partial charge is 0.309 e. The summed E-state index contributed by atoms with van der Waals surface area (Å²) in [6.45, 7) is 4.49. The van der Waals surface area contributed by atoms with E-state index < -0.39 is 0 Å². The Bertz CT molecular complexity index is 4070. The Morgan fingerprint density at radius 2 is 0.676 bits per heavy atom. The Hall–Kier alpha value is -9.32. The predicted octanol–water partition coefficient (Wildman–Crippen LogP) is 17.1. The smallest absolute Gasteiger partial charge is 0.160 e. The van der Waals surface area contributed by atoms with Gasteiger partial charge in [0, 0.05) is 66.1 Å². The number of aryl methyl sites for hydroxylation is 2. The van der Waals surface area contributed by atoms with Crippen molar-refractivity contribution in [1.29, 1.82) is 0 Å². The standard InChI is InChI=1S/C66H45N5/c1-42-38-65(43(2)37-54(42)44-29-31-46(32-30-44)58-41-57(45-17-5-3-6-18-45)67-66(68-58)47-19-7-4-8-20-47)71-63-35-33-48(69-59-25-13-9-21-50(59)51-22-10-14-26-60(51)69)39-55(63)56-40-49(34-36-64(56)71)70-61-27-15-11-23-52(61)53-24-12-16-28-62(53)70/h3-41H,1-2H3. The van der Waals surface area contributed by atoms with Gasteiger partial charge in [0.1, 0.15) is 0 Å². The van der Waals surface area contributed by atoms with Crippen molar-refractivity contribution in [2.45, 2.75) is 13.8 Å². The van der Waals surface area contributed by atoms with E-state index in [4.69, 9.17) is 9.97 Å². The van der Waals surface area contributed by atoms with Crippen LogP contribution in [0, 0.1) is 13.8 Å². The van der Waals surface area contributed by atoms with Crippen LogP contribution in [0.25, 0.3) is 128 Å². The third-order valence-electron chi connectivity index (χ3n) is 14.5. The molecule has 0 saturated carbocycles. The maximum Gasteiger partial charge on any atom is 0.160 e. The van der Waals surface area contributed by atoms with Crippen LogP contribution >= 0.6 is 0 Å². The molecule has 0 amide bonds. The van der Waals surface area contributed by atoms with Gasteiger partial charge in [0.2, 0.25) is 0 Å². The fourth-order valence-electron chi connectivity index (χ4n) is 11.2. The van der Waals surface area contributed by atoms with Crippen LogP contribution in [0.3, 0.4) is 0 Å². The number of para-hydroxylation sites is 4. The molecule has 0 radical (unpaired) electrons. The van der Waals surface area contributed by atoms with Crippen molar-refractivity contribution >= 4 is 65.4 Å². The van der Waals surface area contributed by atoms with Crippen LogP contribution in [0.15, 0.2) is 237 Å². The molecular weight excluding hydrogens is 863 g/mol. The second kappa shape index (κ2) is 16.2. The molecule has 14 aromatic rings. The number of rotatable bonds is 7. The van der Waals surface area contributed by atoms with Gasteiger partial charge in [-0.05, 0) is 115 Å². The highest BCUT2D eigenvalue weighted by Crippen LogP contribution is 2.41. The molecule has 71 heavy (non-hydrogen) atoms. The molecule has 0 aliphatic rings. The number of hydrogen-bond donors (Lipinski definition) is 0. The van der Waals surface area contributed by atoms with Crippen molar-refractivity contribution in [1.82, 2.24) is 23.7 Å². The second-order valence-corrected chi connectivity index (χ2v) is 18.7. The van der Waals surface area contributed by atoms with Gasteiger partial charge in [-0.15, -0.1) is 0 Å². The lowest BCUT2D eigenvalue weighted by molar-refractivity contribution is 1.13. The molecule has 4 heterocycles. The first-order valence-electron chi connectivity index (χ1n) is 24.3. The molecule has 0 aliphatic carbocycles. The lowest BCUT2D eigenvalue weighted by Gasteiger charge is -2.16. The summed E-state index contributed by atoms with van der Waals surface area (Å²) in [6, 6.07) is 85.4. The van der Waals surface area contributed by atoms with Gasteiger partial charge in [-0.1, -0.05) is 158 Å². The van der Waals surface area contributed by atoms with Gasteiger partial charge in [-0.2, -0.15) is 0 Å². The van der Waals surface area contributed by atoms with Crippen LogP contribution in [-0.2, 0) is 0 Å². The average molecular weight is 908 g/mol. The second-order valence-electron chi connectivity index (χ2n) is 18.7. The fraction of sp³-hybridized carbons (Fsp3) is 0.0303. The van der Waals surface area contributed by atoms with E-state index in [0.29, 0.717) is 5.82 Å². The van der Waals surface area contributed by atoms with Crippen LogP contribution in [-0.4, -0.2) is 23.7 Å². The minimum Gasteiger partial charge on any atom is -0.309 e. The molecule has 0 atom stereocenters. The third kappa shape index (κ3) is 6.54. The van der Waals surface area contributed by atoms with Crippen molar-refractivity contribution in [2.24, 2.45) is 0 Å². The van der Waals surface area contributed by atoms with Crippen LogP contribution < -0.4 is 0 Å². The van der Waals surface area contributed by atoms with Gasteiger partial charge in [-0.25, -0.2) is 9.97 Å². The van der Waals surface area contributed by atoms with Crippen LogP contribution in [0.5, 0.6) is 0 Å². The van der Waals surface area contributed by atoms with E-state index in [1.54, 1.807) is 0 Å². The van der Waals surface area contributed by atoms with E-state index in [-0.39, 0.29) is 0 Å². The maximum atomic E-state index is 5.10. The quantitative estimate of drug-likeness (QED) is 0.160. The summed E-state index contributed by atoms with van der Waals surface area (Å²) in [7, 11) is 0. The van der Waals surface area contributed by atoms with E-state index in [9.17, 15) is 0 Å². The van der Waals surface area contributed by atoms with Crippen LogP contribution in [0.2, 0.25) is 0 Å². The highest BCUT2D eigenvalue weighted by atomic mass is 15.0. The number of nitrogens with zero attached hydrogens (tertiary/aromatic N) is 5. The SMILES string of the molecule is Cc1cc(-n2c3ccc(-n4c5ccccc5c5ccccc54)cc3c3cc(-n4c5ccccc5c5ccccc54)ccc32)c(C)cc1-c1ccc(-c2cc(-c3ccccc3)nc(-c3ccccc3)n2)cc1. The molecule has 14 rings (SSSR count). The zero-order chi connectivity index (χ0) is 47.2. The Kier molecular flexibility index (Phi) is 9.26. The predicted molar refractivity (Wildman–Crippen MR) is 296 cm³/mol. The van der Waals surface area contributed by atoms with Gasteiger partial charge in [0.15, 0.2) is 5.82 Å². The summed E-state index contributed by atoms with van der Waals surface area (Å²) in [4.78, 5) is 10.1. The summed E-state index contributed by atoms with van der Waals surface area (Å²) in [6.07, 6.45) is 0. The highest BCUT2D eigenvalue weighted by molar-refractivity contribution is 6.14. The Morgan fingerprint density at radius 3 is 1.15 bits per heavy atom. The average Bonchev–Trinajstić information content (AvgIpc) is 4.07. The molecule has 0 bridgehead atoms. The number of benzene rings is 10. The number of aromatic nitrogens is 5. The molecule has 10 aromatic carbocycles. The monoisotopic (exact) mass is 907 g/mol. The van der Waals surface area contributed by atoms with Gasteiger partial charge in [0.05, 0.1) is 44.5 Å². The minimum atomic E-state index is 0.712. The zero-order valence-corrected chi connectivity index (χ0v) is 39.3. The Morgan fingerprint density at radius 1 is 0.282 bits per heavy atom. The molecule has 334 valence electrons. The first kappa shape index (κ1) is 40.7. The number of fused-ring (bicyclic) bond motifs is 9. The van der Waals surface area contributed by atoms with E-state index >= 15 is 0 Å². The van der Waals surface area contributed by atoms with E-state index in [2.05, 4.69) is 240 Å². The highest BCUT2D eigenvalue weighted by Gasteiger charge is 2.21. The summed E-state index contributed by atoms with van der Waals surface area (Å²) in [5.41, 5.74) is 20.2. The number of hydrogen-bond acceptors (Lipinski definition) is 2. The van der Waals surface area contributed by atoms with E-state index in [1.807, 2.05) is 24.3 Å². The fourth-order valence-corrected chi connectivity index (χ4v) is 11.2. The lowest BCUT2D eigenvalue weighted by Crippen LogP contribution is -2.00. The van der Waals surface area contributed by atoms with Crippen molar-refractivity contribution in [3.63, 3.8) is 0 Å². The Labute approximate surface area is 410 Å².